The molecule has 1 aromatic rings. The fourth-order valence-electron chi connectivity index (χ4n) is 2.35. The minimum atomic E-state index is -2.91. The van der Waals surface area contributed by atoms with Crippen molar-refractivity contribution in [2.24, 2.45) is 0 Å². The molecule has 6 heteroatoms. The van der Waals surface area contributed by atoms with Crippen LogP contribution >= 0.6 is 11.6 Å². The molecule has 106 valence electrons. The number of hydrogen-bond donors (Lipinski definition) is 1. The quantitative estimate of drug-likeness (QED) is 0.924. The molecule has 0 aliphatic carbocycles. The van der Waals surface area contributed by atoms with Gasteiger partial charge in [0.2, 0.25) is 0 Å². The van der Waals surface area contributed by atoms with E-state index in [-0.39, 0.29) is 17.0 Å². The summed E-state index contributed by atoms with van der Waals surface area (Å²) < 4.78 is 28.4. The Balaban J connectivity index is 2.12. The predicted molar refractivity (Wildman–Crippen MR) is 76.5 cm³/mol. The zero-order valence-corrected chi connectivity index (χ0v) is 12.6. The van der Waals surface area contributed by atoms with Gasteiger partial charge in [-0.1, -0.05) is 17.7 Å². The van der Waals surface area contributed by atoms with E-state index in [1.807, 2.05) is 19.1 Å². The summed E-state index contributed by atoms with van der Waals surface area (Å²) in [7, 11) is -1.32. The van der Waals surface area contributed by atoms with Crippen molar-refractivity contribution in [2.45, 2.75) is 25.4 Å². The summed E-state index contributed by atoms with van der Waals surface area (Å²) >= 11 is 6.16. The first-order valence-electron chi connectivity index (χ1n) is 6.12. The fraction of sp³-hybridized carbons (Fsp3) is 0.538. The Morgan fingerprint density at radius 2 is 2.21 bits per heavy atom. The molecule has 1 aliphatic rings. The summed E-state index contributed by atoms with van der Waals surface area (Å²) in [5.74, 6) is 1.13. The molecule has 1 atom stereocenters. The van der Waals surface area contributed by atoms with Crippen LogP contribution in [0.5, 0.6) is 5.75 Å². The van der Waals surface area contributed by atoms with E-state index in [0.29, 0.717) is 23.7 Å². The topological polar surface area (TPSA) is 55.4 Å². The lowest BCUT2D eigenvalue weighted by molar-refractivity contribution is 0.379. The molecule has 0 bridgehead atoms. The first-order valence-corrected chi connectivity index (χ1v) is 8.32. The highest BCUT2D eigenvalue weighted by Crippen LogP contribution is 2.28. The van der Waals surface area contributed by atoms with Crippen molar-refractivity contribution in [2.75, 3.05) is 18.6 Å². The maximum Gasteiger partial charge on any atom is 0.152 e. The molecule has 1 N–H and O–H groups in total. The van der Waals surface area contributed by atoms with Crippen molar-refractivity contribution in [3.63, 3.8) is 0 Å². The third-order valence-corrected chi connectivity index (χ3v) is 5.75. The summed E-state index contributed by atoms with van der Waals surface area (Å²) in [6.45, 7) is 2.43. The van der Waals surface area contributed by atoms with Gasteiger partial charge < -0.3 is 10.1 Å². The lowest BCUT2D eigenvalue weighted by atomic mass is 10.0. The maximum atomic E-state index is 11.6. The van der Waals surface area contributed by atoms with Gasteiger partial charge >= 0.3 is 0 Å². The van der Waals surface area contributed by atoms with Crippen LogP contribution in [0.2, 0.25) is 5.02 Å². The number of ether oxygens (including phenoxy) is 1. The van der Waals surface area contributed by atoms with E-state index >= 15 is 0 Å². The molecule has 1 saturated heterocycles. The number of hydrogen-bond acceptors (Lipinski definition) is 4. The Bertz CT molecular complexity index is 573. The van der Waals surface area contributed by atoms with Gasteiger partial charge in [-0.3, -0.25) is 0 Å². The van der Waals surface area contributed by atoms with Crippen LogP contribution in [-0.2, 0) is 16.4 Å². The molecule has 1 unspecified atom stereocenters. The number of nitrogens with one attached hydrogen (secondary N) is 1. The Kier molecular flexibility index (Phi) is 4.08. The number of halogens is 1. The van der Waals surface area contributed by atoms with E-state index in [0.717, 1.165) is 5.56 Å². The van der Waals surface area contributed by atoms with Gasteiger partial charge in [-0.2, -0.15) is 0 Å². The van der Waals surface area contributed by atoms with Gasteiger partial charge in [0.25, 0.3) is 0 Å². The van der Waals surface area contributed by atoms with Crippen LogP contribution in [0.1, 0.15) is 18.9 Å². The van der Waals surface area contributed by atoms with Crippen molar-refractivity contribution in [3.8, 4) is 5.75 Å². The molecular weight excluding hydrogens is 286 g/mol. The molecule has 2 rings (SSSR count). The lowest BCUT2D eigenvalue weighted by Crippen LogP contribution is -2.42. The van der Waals surface area contributed by atoms with Gasteiger partial charge in [-0.15, -0.1) is 0 Å². The number of sulfone groups is 1. The van der Waals surface area contributed by atoms with Crippen LogP contribution in [0.3, 0.4) is 0 Å². The van der Waals surface area contributed by atoms with Gasteiger partial charge in [0.05, 0.1) is 18.6 Å². The van der Waals surface area contributed by atoms with Crippen molar-refractivity contribution in [1.82, 2.24) is 5.32 Å². The molecule has 1 fully saturated rings. The Morgan fingerprint density at radius 1 is 1.47 bits per heavy atom. The van der Waals surface area contributed by atoms with E-state index in [1.165, 1.54) is 0 Å². The minimum absolute atomic E-state index is 0.173. The zero-order chi connectivity index (χ0) is 14.1. The molecule has 19 heavy (non-hydrogen) atoms. The highest BCUT2D eigenvalue weighted by Gasteiger charge is 2.37. The molecule has 1 aromatic carbocycles. The van der Waals surface area contributed by atoms with Gasteiger partial charge in [0.1, 0.15) is 5.75 Å². The fourth-order valence-corrected chi connectivity index (χ4v) is 4.71. The SMILES string of the molecule is COc1cccc(Cl)c1CNC1(C)CCS(=O)(=O)C1. The first kappa shape index (κ1) is 14.6. The third kappa shape index (κ3) is 3.41. The third-order valence-electron chi connectivity index (χ3n) is 3.49. The van der Waals surface area contributed by atoms with Crippen LogP contribution in [0.25, 0.3) is 0 Å². The van der Waals surface area contributed by atoms with Crippen LogP contribution < -0.4 is 10.1 Å². The second-order valence-corrected chi connectivity index (χ2v) is 7.77. The first-order chi connectivity index (χ1) is 8.85. The second kappa shape index (κ2) is 5.31. The molecule has 0 radical (unpaired) electrons. The Labute approximate surface area is 119 Å². The molecule has 4 nitrogen and oxygen atoms in total. The van der Waals surface area contributed by atoms with Crippen LogP contribution in [0, 0.1) is 0 Å². The average molecular weight is 304 g/mol. The van der Waals surface area contributed by atoms with E-state index in [2.05, 4.69) is 5.32 Å². The minimum Gasteiger partial charge on any atom is -0.496 e. The van der Waals surface area contributed by atoms with Gasteiger partial charge in [0.15, 0.2) is 9.84 Å². The van der Waals surface area contributed by atoms with E-state index in [4.69, 9.17) is 16.3 Å². The molecule has 1 heterocycles. The summed E-state index contributed by atoms with van der Waals surface area (Å²) in [6.07, 6.45) is 0.627. The van der Waals surface area contributed by atoms with E-state index in [9.17, 15) is 8.42 Å². The average Bonchev–Trinajstić information content (AvgIpc) is 2.62. The standard InChI is InChI=1S/C13H18ClNO3S/c1-13(6-7-19(16,17)9-13)15-8-10-11(14)4-3-5-12(10)18-2/h3-5,15H,6-9H2,1-2H3. The van der Waals surface area contributed by atoms with Gasteiger partial charge in [0, 0.05) is 22.7 Å². The van der Waals surface area contributed by atoms with Crippen molar-refractivity contribution in [3.05, 3.63) is 28.8 Å². The highest BCUT2D eigenvalue weighted by atomic mass is 35.5. The zero-order valence-electron chi connectivity index (χ0n) is 11.1. The molecule has 1 aliphatic heterocycles. The van der Waals surface area contributed by atoms with Gasteiger partial charge in [-0.05, 0) is 25.5 Å². The molecular formula is C13H18ClNO3S. The highest BCUT2D eigenvalue weighted by molar-refractivity contribution is 7.91. The summed E-state index contributed by atoms with van der Waals surface area (Å²) in [4.78, 5) is 0. The van der Waals surface area contributed by atoms with E-state index < -0.39 is 9.84 Å². The Hall–Kier alpha value is -0.780. The monoisotopic (exact) mass is 303 g/mol. The van der Waals surface area contributed by atoms with Crippen molar-refractivity contribution >= 4 is 21.4 Å². The van der Waals surface area contributed by atoms with Crippen molar-refractivity contribution in [1.29, 1.82) is 0 Å². The smallest absolute Gasteiger partial charge is 0.152 e. The maximum absolute atomic E-state index is 11.6. The van der Waals surface area contributed by atoms with Crippen LogP contribution in [0.4, 0.5) is 0 Å². The normalized spacial score (nSPS) is 25.4. The second-order valence-electron chi connectivity index (χ2n) is 5.18. The predicted octanol–water partition coefficient (Wildman–Crippen LogP) is 2.02. The number of methoxy groups -OCH3 is 1. The molecule has 0 aromatic heterocycles. The van der Waals surface area contributed by atoms with Crippen LogP contribution in [0.15, 0.2) is 18.2 Å². The summed E-state index contributed by atoms with van der Waals surface area (Å²) in [5, 5.41) is 3.92. The van der Waals surface area contributed by atoms with E-state index in [1.54, 1.807) is 13.2 Å². The number of rotatable bonds is 4. The Morgan fingerprint density at radius 3 is 2.79 bits per heavy atom. The largest absolute Gasteiger partial charge is 0.496 e. The van der Waals surface area contributed by atoms with Gasteiger partial charge in [-0.25, -0.2) is 8.42 Å². The summed E-state index contributed by atoms with van der Waals surface area (Å²) in [5.41, 5.74) is 0.473. The molecule has 0 amide bonds. The molecule has 0 saturated carbocycles. The van der Waals surface area contributed by atoms with Crippen molar-refractivity contribution < 1.29 is 13.2 Å². The number of benzene rings is 1. The van der Waals surface area contributed by atoms with Crippen LogP contribution in [-0.4, -0.2) is 32.6 Å². The lowest BCUT2D eigenvalue weighted by Gasteiger charge is -2.24. The summed E-state index contributed by atoms with van der Waals surface area (Å²) in [6, 6.07) is 5.47. The molecule has 0 spiro atoms.